The van der Waals surface area contributed by atoms with Crippen LogP contribution in [0.3, 0.4) is 0 Å². The molecule has 4 nitrogen and oxygen atoms in total. The van der Waals surface area contributed by atoms with Crippen molar-refractivity contribution in [2.24, 2.45) is 17.3 Å². The molecule has 0 spiro atoms. The number of hydrogen-bond acceptors (Lipinski definition) is 4. The third-order valence-electron chi connectivity index (χ3n) is 3.82. The smallest absolute Gasteiger partial charge is 0.329 e. The number of esters is 2. The summed E-state index contributed by atoms with van der Waals surface area (Å²) in [5.74, 6) is -0.435. The summed E-state index contributed by atoms with van der Waals surface area (Å²) < 4.78 is 10.2. The van der Waals surface area contributed by atoms with Crippen LogP contribution in [0.2, 0.25) is 0 Å². The maximum Gasteiger partial charge on any atom is 0.329 e. The number of hydrogen-bond donors (Lipinski definition) is 0. The van der Waals surface area contributed by atoms with Crippen LogP contribution in [0.1, 0.15) is 6.92 Å². The molecule has 1 aliphatic heterocycles. The predicted molar refractivity (Wildman–Crippen MR) is 58.1 cm³/mol. The van der Waals surface area contributed by atoms with Gasteiger partial charge in [-0.2, -0.15) is 0 Å². The molecule has 1 heterocycles. The van der Waals surface area contributed by atoms with Crippen LogP contribution >= 0.6 is 0 Å². The third-order valence-corrected chi connectivity index (χ3v) is 3.82. The molecule has 0 aromatic heterocycles. The predicted octanol–water partition coefficient (Wildman–Crippen LogP) is 1.40. The molecule has 0 bridgehead atoms. The average molecular weight is 232 g/mol. The van der Waals surface area contributed by atoms with E-state index in [1.807, 2.05) is 13.0 Å². The van der Waals surface area contributed by atoms with E-state index in [4.69, 9.17) is 9.47 Å². The van der Waals surface area contributed by atoms with Gasteiger partial charge in [0.05, 0.1) is 6.61 Å². The SMILES string of the molecule is C[C@H]1[C@H]2COC(=O)[C@]21C(=O)Oc1ccccc1. The summed E-state index contributed by atoms with van der Waals surface area (Å²) in [5, 5.41) is 0. The number of benzene rings is 1. The Morgan fingerprint density at radius 3 is 2.71 bits per heavy atom. The van der Waals surface area contributed by atoms with Crippen LogP contribution in [-0.4, -0.2) is 18.5 Å². The van der Waals surface area contributed by atoms with Gasteiger partial charge in [0.15, 0.2) is 5.41 Å². The molecule has 3 atom stereocenters. The highest BCUT2D eigenvalue weighted by molar-refractivity contribution is 6.06. The lowest BCUT2D eigenvalue weighted by atomic mass is 10.0. The van der Waals surface area contributed by atoms with Gasteiger partial charge in [0, 0.05) is 5.92 Å². The molecule has 0 radical (unpaired) electrons. The zero-order chi connectivity index (χ0) is 12.0. The van der Waals surface area contributed by atoms with Gasteiger partial charge in [-0.1, -0.05) is 25.1 Å². The van der Waals surface area contributed by atoms with Crippen molar-refractivity contribution in [3.63, 3.8) is 0 Å². The highest BCUT2D eigenvalue weighted by Crippen LogP contribution is 2.63. The molecule has 4 heteroatoms. The van der Waals surface area contributed by atoms with Gasteiger partial charge >= 0.3 is 11.9 Å². The Morgan fingerprint density at radius 2 is 2.12 bits per heavy atom. The van der Waals surface area contributed by atoms with Crippen molar-refractivity contribution in [1.29, 1.82) is 0 Å². The minimum absolute atomic E-state index is 0.00814. The van der Waals surface area contributed by atoms with Crippen molar-refractivity contribution in [3.8, 4) is 5.75 Å². The standard InChI is InChI=1S/C13H12O4/c1-8-10-7-16-11(14)13(8,10)12(15)17-9-5-3-2-4-6-9/h2-6,8,10H,7H2,1H3/t8-,10+,13+/m0/s1. The van der Waals surface area contributed by atoms with Crippen LogP contribution in [0.15, 0.2) is 30.3 Å². The number of carbonyl (C=O) groups excluding carboxylic acids is 2. The summed E-state index contributed by atoms with van der Waals surface area (Å²) in [6, 6.07) is 8.78. The second-order valence-corrected chi connectivity index (χ2v) is 4.57. The molecule has 1 saturated carbocycles. The summed E-state index contributed by atoms with van der Waals surface area (Å²) in [4.78, 5) is 23.7. The summed E-state index contributed by atoms with van der Waals surface area (Å²) in [6.45, 7) is 2.22. The molecule has 1 aromatic carbocycles. The number of rotatable bonds is 2. The third kappa shape index (κ3) is 1.24. The zero-order valence-electron chi connectivity index (χ0n) is 9.38. The number of para-hydroxylation sites is 1. The van der Waals surface area contributed by atoms with E-state index < -0.39 is 17.4 Å². The van der Waals surface area contributed by atoms with Crippen LogP contribution in [-0.2, 0) is 14.3 Å². The van der Waals surface area contributed by atoms with Gasteiger partial charge in [0.2, 0.25) is 0 Å². The Hall–Kier alpha value is -1.84. The lowest BCUT2D eigenvalue weighted by Crippen LogP contribution is -2.31. The van der Waals surface area contributed by atoms with E-state index in [1.165, 1.54) is 0 Å². The van der Waals surface area contributed by atoms with Gasteiger partial charge in [-0.15, -0.1) is 0 Å². The normalized spacial score (nSPS) is 33.8. The molecule has 0 unspecified atom stereocenters. The first-order valence-corrected chi connectivity index (χ1v) is 5.62. The fraction of sp³-hybridized carbons (Fsp3) is 0.385. The molecule has 2 fully saturated rings. The molecule has 0 amide bonds. The van der Waals surface area contributed by atoms with Crippen LogP contribution in [0.4, 0.5) is 0 Å². The van der Waals surface area contributed by atoms with E-state index in [9.17, 15) is 9.59 Å². The van der Waals surface area contributed by atoms with Gasteiger partial charge in [-0.05, 0) is 18.1 Å². The van der Waals surface area contributed by atoms with Gasteiger partial charge in [0.1, 0.15) is 5.75 Å². The molecule has 0 N–H and O–H groups in total. The largest absolute Gasteiger partial charge is 0.464 e. The van der Waals surface area contributed by atoms with Crippen LogP contribution in [0, 0.1) is 17.3 Å². The highest BCUT2D eigenvalue weighted by Gasteiger charge is 2.78. The Labute approximate surface area is 98.5 Å². The van der Waals surface area contributed by atoms with E-state index in [1.54, 1.807) is 24.3 Å². The highest BCUT2D eigenvalue weighted by atomic mass is 16.6. The average Bonchev–Trinajstić information content (AvgIpc) is 2.75. The Balaban J connectivity index is 1.82. The molecular formula is C13H12O4. The second kappa shape index (κ2) is 3.32. The quantitative estimate of drug-likeness (QED) is 0.439. The number of ether oxygens (including phenoxy) is 2. The lowest BCUT2D eigenvalue weighted by molar-refractivity contribution is -0.155. The summed E-state index contributed by atoms with van der Waals surface area (Å²) in [7, 11) is 0. The van der Waals surface area contributed by atoms with E-state index in [0.717, 1.165) is 0 Å². The maximum atomic E-state index is 12.1. The summed E-state index contributed by atoms with van der Waals surface area (Å²) in [6.07, 6.45) is 0. The van der Waals surface area contributed by atoms with Crippen LogP contribution in [0.5, 0.6) is 5.75 Å². The topological polar surface area (TPSA) is 52.6 Å². The second-order valence-electron chi connectivity index (χ2n) is 4.57. The first kappa shape index (κ1) is 10.3. The van der Waals surface area contributed by atoms with Gasteiger partial charge < -0.3 is 9.47 Å². The van der Waals surface area contributed by atoms with Gasteiger partial charge in [-0.3, -0.25) is 9.59 Å². The van der Waals surface area contributed by atoms with Crippen molar-refractivity contribution < 1.29 is 19.1 Å². The van der Waals surface area contributed by atoms with E-state index in [0.29, 0.717) is 12.4 Å². The summed E-state index contributed by atoms with van der Waals surface area (Å²) >= 11 is 0. The lowest BCUT2D eigenvalue weighted by Gasteiger charge is -2.10. The fourth-order valence-corrected chi connectivity index (χ4v) is 2.65. The van der Waals surface area contributed by atoms with Crippen molar-refractivity contribution in [2.45, 2.75) is 6.92 Å². The monoisotopic (exact) mass is 232 g/mol. The van der Waals surface area contributed by atoms with Crippen molar-refractivity contribution in [1.82, 2.24) is 0 Å². The van der Waals surface area contributed by atoms with Crippen molar-refractivity contribution in [2.75, 3.05) is 6.61 Å². The zero-order valence-corrected chi connectivity index (χ0v) is 9.38. The number of cyclic esters (lactones) is 1. The van der Waals surface area contributed by atoms with Crippen molar-refractivity contribution >= 4 is 11.9 Å². The van der Waals surface area contributed by atoms with E-state index in [-0.39, 0.29) is 11.8 Å². The molecule has 1 saturated heterocycles. The van der Waals surface area contributed by atoms with Crippen LogP contribution < -0.4 is 4.74 Å². The molecule has 3 rings (SSSR count). The van der Waals surface area contributed by atoms with Crippen molar-refractivity contribution in [3.05, 3.63) is 30.3 Å². The van der Waals surface area contributed by atoms with Gasteiger partial charge in [-0.25, -0.2) is 0 Å². The fourth-order valence-electron chi connectivity index (χ4n) is 2.65. The number of carbonyl (C=O) groups is 2. The first-order valence-electron chi connectivity index (χ1n) is 5.62. The maximum absolute atomic E-state index is 12.1. The Bertz CT molecular complexity index is 481. The summed E-state index contributed by atoms with van der Waals surface area (Å²) in [5.41, 5.74) is -1.03. The molecule has 1 aliphatic carbocycles. The minimum Gasteiger partial charge on any atom is -0.464 e. The molecule has 2 aliphatic rings. The molecular weight excluding hydrogens is 220 g/mol. The molecule has 1 aromatic rings. The molecule has 88 valence electrons. The first-order chi connectivity index (χ1) is 8.17. The van der Waals surface area contributed by atoms with E-state index >= 15 is 0 Å². The van der Waals surface area contributed by atoms with Crippen LogP contribution in [0.25, 0.3) is 0 Å². The van der Waals surface area contributed by atoms with E-state index in [2.05, 4.69) is 0 Å². The Morgan fingerprint density at radius 1 is 1.41 bits per heavy atom. The van der Waals surface area contributed by atoms with Gasteiger partial charge in [0.25, 0.3) is 0 Å². The molecule has 17 heavy (non-hydrogen) atoms. The minimum atomic E-state index is -1.03. The Kier molecular flexibility index (Phi) is 2.02. The number of fused-ring (bicyclic) bond motifs is 1.